The lowest BCUT2D eigenvalue weighted by molar-refractivity contribution is 1.19. The van der Waals surface area contributed by atoms with Crippen molar-refractivity contribution in [1.82, 2.24) is 4.98 Å². The van der Waals surface area contributed by atoms with Gasteiger partial charge in [0.1, 0.15) is 0 Å². The molecule has 0 aliphatic rings. The zero-order valence-corrected chi connectivity index (χ0v) is 6.07. The first-order valence-corrected chi connectivity index (χ1v) is 3.08. The molecule has 0 saturated heterocycles. The van der Waals surface area contributed by atoms with Gasteiger partial charge in [0.15, 0.2) is 0 Å². The molecule has 0 unspecified atom stereocenters. The van der Waals surface area contributed by atoms with E-state index in [0.717, 1.165) is 10.2 Å². The molecule has 0 spiro atoms. The average Bonchev–Trinajstić information content (AvgIpc) is 1.64. The molecule has 1 radical (unpaired) electrons. The molecule has 1 rings (SSSR count). The molecule has 1 heterocycles. The van der Waals surface area contributed by atoms with Gasteiger partial charge in [-0.3, -0.25) is 4.98 Å². The smallest absolute Gasteiger partial charge is 0.0384 e. The summed E-state index contributed by atoms with van der Waals surface area (Å²) in [4.78, 5) is 3.95. The number of nitrogens with zero attached hydrogens (tertiary/aromatic N) is 1. The van der Waals surface area contributed by atoms with Crippen molar-refractivity contribution in [3.8, 4) is 0 Å². The van der Waals surface area contributed by atoms with E-state index in [-0.39, 0.29) is 0 Å². The highest BCUT2D eigenvalue weighted by Crippen LogP contribution is 2.06. The third-order valence-electron chi connectivity index (χ3n) is 0.806. The third-order valence-corrected chi connectivity index (χ3v) is 1.26. The lowest BCUT2D eigenvalue weighted by Gasteiger charge is -1.87. The first kappa shape index (κ1) is 5.76. The van der Waals surface area contributed by atoms with E-state index in [1.165, 1.54) is 0 Å². The molecule has 0 amide bonds. The average molecular weight is 171 g/mol. The number of aryl methyl sites for hydroxylation is 1. The van der Waals surface area contributed by atoms with Gasteiger partial charge in [-0.05, 0) is 13.0 Å². The number of aromatic nitrogens is 1. The van der Waals surface area contributed by atoms with Crippen LogP contribution in [0.1, 0.15) is 5.69 Å². The van der Waals surface area contributed by atoms with Crippen LogP contribution in [-0.4, -0.2) is 4.98 Å². The molecule has 1 aromatic heterocycles. The van der Waals surface area contributed by atoms with Crippen molar-refractivity contribution < 1.29 is 0 Å². The molecule has 0 saturated carbocycles. The van der Waals surface area contributed by atoms with Crippen LogP contribution in [0.15, 0.2) is 16.7 Å². The van der Waals surface area contributed by atoms with Crippen molar-refractivity contribution in [2.75, 3.05) is 0 Å². The van der Waals surface area contributed by atoms with Crippen LogP contribution in [0.5, 0.6) is 0 Å². The molecule has 0 aliphatic carbocycles. The Morgan fingerprint density at radius 3 is 2.88 bits per heavy atom. The maximum Gasteiger partial charge on any atom is 0.0384 e. The normalized spacial score (nSPS) is 9.25. The molecule has 0 atom stereocenters. The number of rotatable bonds is 0. The monoisotopic (exact) mass is 170 g/mol. The lowest BCUT2D eigenvalue weighted by Crippen LogP contribution is -1.76. The van der Waals surface area contributed by atoms with E-state index >= 15 is 0 Å². The summed E-state index contributed by atoms with van der Waals surface area (Å²) in [6, 6.07) is 4.79. The Kier molecular flexibility index (Phi) is 1.63. The molecule has 1 aromatic rings. The zero-order valence-electron chi connectivity index (χ0n) is 4.48. The standard InChI is InChI=1S/C6H5BrN/c1-5-4-6(7)2-3-8-5/h3-4H,1H3. The zero-order chi connectivity index (χ0) is 5.98. The van der Waals surface area contributed by atoms with Crippen LogP contribution in [0.4, 0.5) is 0 Å². The minimum atomic E-state index is 0.963. The van der Waals surface area contributed by atoms with Crippen molar-refractivity contribution >= 4 is 15.9 Å². The fourth-order valence-corrected chi connectivity index (χ4v) is 0.892. The summed E-state index contributed by atoms with van der Waals surface area (Å²) >= 11 is 3.27. The fraction of sp³-hybridized carbons (Fsp3) is 0.167. The molecular weight excluding hydrogens is 166 g/mol. The van der Waals surface area contributed by atoms with E-state index in [9.17, 15) is 0 Å². The lowest BCUT2D eigenvalue weighted by atomic mass is 10.4. The van der Waals surface area contributed by atoms with E-state index in [2.05, 4.69) is 27.0 Å². The molecule has 0 fully saturated rings. The van der Waals surface area contributed by atoms with Crippen molar-refractivity contribution in [3.05, 3.63) is 28.5 Å². The summed E-state index contributed by atoms with van der Waals surface area (Å²) in [5, 5.41) is 0. The van der Waals surface area contributed by atoms with Gasteiger partial charge in [-0.2, -0.15) is 0 Å². The molecule has 8 heavy (non-hydrogen) atoms. The highest BCUT2D eigenvalue weighted by molar-refractivity contribution is 9.10. The predicted octanol–water partition coefficient (Wildman–Crippen LogP) is 1.95. The van der Waals surface area contributed by atoms with Gasteiger partial charge in [0.2, 0.25) is 0 Å². The van der Waals surface area contributed by atoms with E-state index in [1.54, 1.807) is 6.20 Å². The van der Waals surface area contributed by atoms with Gasteiger partial charge in [0, 0.05) is 22.4 Å². The number of pyridine rings is 1. The summed E-state index contributed by atoms with van der Waals surface area (Å²) in [5.74, 6) is 0. The van der Waals surface area contributed by atoms with Gasteiger partial charge in [-0.1, -0.05) is 15.9 Å². The second kappa shape index (κ2) is 2.27. The highest BCUT2D eigenvalue weighted by atomic mass is 79.9. The molecule has 0 bridgehead atoms. The molecule has 0 aromatic carbocycles. The highest BCUT2D eigenvalue weighted by Gasteiger charge is 1.84. The number of hydrogen-bond donors (Lipinski definition) is 0. The van der Waals surface area contributed by atoms with Crippen LogP contribution in [0.3, 0.4) is 0 Å². The summed E-state index contributed by atoms with van der Waals surface area (Å²) in [6.07, 6.45) is 1.65. The summed E-state index contributed by atoms with van der Waals surface area (Å²) in [6.45, 7) is 1.94. The molecular formula is C6H5BrN. The summed E-state index contributed by atoms with van der Waals surface area (Å²) in [5.41, 5.74) is 1.01. The molecule has 2 heteroatoms. The van der Waals surface area contributed by atoms with Crippen LogP contribution in [0.25, 0.3) is 0 Å². The third kappa shape index (κ3) is 1.30. The Balaban J connectivity index is 3.08. The second-order valence-corrected chi connectivity index (χ2v) is 2.39. The van der Waals surface area contributed by atoms with Gasteiger partial charge < -0.3 is 0 Å². The van der Waals surface area contributed by atoms with Gasteiger partial charge in [-0.15, -0.1) is 0 Å². The SMILES string of the molecule is Cc1cc(Br)[c]cn1. The van der Waals surface area contributed by atoms with E-state index < -0.39 is 0 Å². The second-order valence-electron chi connectivity index (χ2n) is 1.54. The molecule has 0 aliphatic heterocycles. The van der Waals surface area contributed by atoms with Gasteiger partial charge in [0.25, 0.3) is 0 Å². The fourth-order valence-electron chi connectivity index (χ4n) is 0.458. The maximum atomic E-state index is 3.95. The Morgan fingerprint density at radius 1 is 1.75 bits per heavy atom. The van der Waals surface area contributed by atoms with Crippen LogP contribution < -0.4 is 0 Å². The van der Waals surface area contributed by atoms with Crippen molar-refractivity contribution in [2.45, 2.75) is 6.92 Å². The Hall–Kier alpha value is -0.370. The quantitative estimate of drug-likeness (QED) is 0.581. The number of halogens is 1. The van der Waals surface area contributed by atoms with Crippen molar-refractivity contribution in [2.24, 2.45) is 0 Å². The maximum absolute atomic E-state index is 3.95. The van der Waals surface area contributed by atoms with Gasteiger partial charge in [0.05, 0.1) is 0 Å². The molecule has 0 N–H and O–H groups in total. The van der Waals surface area contributed by atoms with Crippen LogP contribution in [0.2, 0.25) is 0 Å². The summed E-state index contributed by atoms with van der Waals surface area (Å²) < 4.78 is 0.963. The van der Waals surface area contributed by atoms with Gasteiger partial charge in [-0.25, -0.2) is 0 Å². The topological polar surface area (TPSA) is 12.9 Å². The minimum Gasteiger partial charge on any atom is -0.261 e. The van der Waals surface area contributed by atoms with Crippen LogP contribution in [0, 0.1) is 13.0 Å². The van der Waals surface area contributed by atoms with Crippen molar-refractivity contribution in [3.63, 3.8) is 0 Å². The van der Waals surface area contributed by atoms with Crippen LogP contribution >= 0.6 is 15.9 Å². The van der Waals surface area contributed by atoms with E-state index in [4.69, 9.17) is 0 Å². The van der Waals surface area contributed by atoms with E-state index in [1.807, 2.05) is 13.0 Å². The minimum absolute atomic E-state index is 0.963. The van der Waals surface area contributed by atoms with E-state index in [0.29, 0.717) is 0 Å². The number of hydrogen-bond acceptors (Lipinski definition) is 1. The first-order chi connectivity index (χ1) is 3.79. The Labute approximate surface area is 56.9 Å². The Bertz CT molecular complexity index is 168. The van der Waals surface area contributed by atoms with Gasteiger partial charge >= 0.3 is 0 Å². The first-order valence-electron chi connectivity index (χ1n) is 2.29. The molecule has 41 valence electrons. The van der Waals surface area contributed by atoms with Crippen molar-refractivity contribution in [1.29, 1.82) is 0 Å². The molecule has 1 nitrogen and oxygen atoms in total. The van der Waals surface area contributed by atoms with Crippen LogP contribution in [-0.2, 0) is 0 Å². The summed E-state index contributed by atoms with van der Waals surface area (Å²) in [7, 11) is 0. The predicted molar refractivity (Wildman–Crippen MR) is 35.5 cm³/mol. The Morgan fingerprint density at radius 2 is 2.50 bits per heavy atom. The largest absolute Gasteiger partial charge is 0.261 e.